The number of carbonyl (C=O) groups is 1. The van der Waals surface area contributed by atoms with Crippen LogP contribution in [0.4, 0.5) is 0 Å². The molecule has 0 radical (unpaired) electrons. The molecule has 2 heteroatoms. The summed E-state index contributed by atoms with van der Waals surface area (Å²) in [6, 6.07) is 5.54. The molecule has 1 aliphatic carbocycles. The summed E-state index contributed by atoms with van der Waals surface area (Å²) < 4.78 is 0. The lowest BCUT2D eigenvalue weighted by molar-refractivity contribution is 0.0696. The van der Waals surface area contributed by atoms with Crippen molar-refractivity contribution in [1.82, 2.24) is 0 Å². The normalized spacial score (nSPS) is 17.3. The third-order valence-corrected chi connectivity index (χ3v) is 3.56. The van der Waals surface area contributed by atoms with Crippen LogP contribution in [-0.2, 0) is 0 Å². The minimum atomic E-state index is -0.835. The molecular weight excluding hydrogens is 200 g/mol. The maximum atomic E-state index is 10.8. The SMILES string of the molecule is Cc1cc(C(=O)O)ccc1C1CCCCC1. The van der Waals surface area contributed by atoms with Gasteiger partial charge in [0, 0.05) is 0 Å². The molecule has 1 N–H and O–H groups in total. The van der Waals surface area contributed by atoms with E-state index in [-0.39, 0.29) is 0 Å². The maximum Gasteiger partial charge on any atom is 0.335 e. The molecule has 0 atom stereocenters. The first-order valence-corrected chi connectivity index (χ1v) is 6.02. The van der Waals surface area contributed by atoms with Gasteiger partial charge in [-0.2, -0.15) is 0 Å². The highest BCUT2D eigenvalue weighted by atomic mass is 16.4. The second-order valence-electron chi connectivity index (χ2n) is 4.71. The zero-order valence-corrected chi connectivity index (χ0v) is 9.70. The topological polar surface area (TPSA) is 37.3 Å². The van der Waals surface area contributed by atoms with Crippen molar-refractivity contribution in [2.24, 2.45) is 0 Å². The average Bonchev–Trinajstić information content (AvgIpc) is 2.30. The number of benzene rings is 1. The molecule has 16 heavy (non-hydrogen) atoms. The lowest BCUT2D eigenvalue weighted by Gasteiger charge is -2.23. The van der Waals surface area contributed by atoms with Crippen molar-refractivity contribution in [2.75, 3.05) is 0 Å². The molecule has 0 heterocycles. The fraction of sp³-hybridized carbons (Fsp3) is 0.500. The van der Waals surface area contributed by atoms with E-state index in [4.69, 9.17) is 5.11 Å². The van der Waals surface area contributed by atoms with E-state index >= 15 is 0 Å². The third kappa shape index (κ3) is 2.26. The molecule has 1 aromatic rings. The van der Waals surface area contributed by atoms with Gasteiger partial charge >= 0.3 is 5.97 Å². The Morgan fingerprint density at radius 1 is 1.25 bits per heavy atom. The van der Waals surface area contributed by atoms with E-state index in [0.29, 0.717) is 11.5 Å². The molecule has 0 aromatic heterocycles. The lowest BCUT2D eigenvalue weighted by Crippen LogP contribution is -2.07. The number of aromatic carboxylic acids is 1. The van der Waals surface area contributed by atoms with E-state index in [1.165, 1.54) is 37.7 Å². The molecule has 0 unspecified atom stereocenters. The van der Waals surface area contributed by atoms with Crippen LogP contribution in [0.3, 0.4) is 0 Å². The monoisotopic (exact) mass is 218 g/mol. The Bertz CT molecular complexity index is 390. The average molecular weight is 218 g/mol. The van der Waals surface area contributed by atoms with Crippen molar-refractivity contribution in [3.8, 4) is 0 Å². The number of carboxylic acids is 1. The highest BCUT2D eigenvalue weighted by Crippen LogP contribution is 2.34. The minimum absolute atomic E-state index is 0.400. The Morgan fingerprint density at radius 3 is 2.50 bits per heavy atom. The summed E-state index contributed by atoms with van der Waals surface area (Å²) in [5.74, 6) is -0.185. The van der Waals surface area contributed by atoms with Gasteiger partial charge in [0.05, 0.1) is 5.56 Å². The molecule has 0 bridgehead atoms. The molecule has 1 aliphatic rings. The second-order valence-corrected chi connectivity index (χ2v) is 4.71. The highest BCUT2D eigenvalue weighted by molar-refractivity contribution is 5.87. The summed E-state index contributed by atoms with van der Waals surface area (Å²) in [7, 11) is 0. The molecule has 0 amide bonds. The van der Waals surface area contributed by atoms with Crippen LogP contribution in [0.1, 0.15) is 59.5 Å². The molecule has 0 spiro atoms. The summed E-state index contributed by atoms with van der Waals surface area (Å²) in [4.78, 5) is 10.8. The second kappa shape index (κ2) is 4.69. The Morgan fingerprint density at radius 2 is 1.94 bits per heavy atom. The Labute approximate surface area is 96.3 Å². The van der Waals surface area contributed by atoms with E-state index in [2.05, 4.69) is 0 Å². The van der Waals surface area contributed by atoms with Gasteiger partial charge in [-0.1, -0.05) is 25.3 Å². The maximum absolute atomic E-state index is 10.8. The van der Waals surface area contributed by atoms with E-state index in [9.17, 15) is 4.79 Å². The zero-order chi connectivity index (χ0) is 11.5. The molecule has 1 fully saturated rings. The number of aryl methyl sites for hydroxylation is 1. The van der Waals surface area contributed by atoms with Gasteiger partial charge in [0.25, 0.3) is 0 Å². The van der Waals surface area contributed by atoms with Crippen LogP contribution in [0.2, 0.25) is 0 Å². The van der Waals surface area contributed by atoms with Crippen LogP contribution < -0.4 is 0 Å². The van der Waals surface area contributed by atoms with Gasteiger partial charge in [-0.3, -0.25) is 0 Å². The molecule has 1 saturated carbocycles. The molecule has 2 nitrogen and oxygen atoms in total. The highest BCUT2D eigenvalue weighted by Gasteiger charge is 2.17. The van der Waals surface area contributed by atoms with Gasteiger partial charge in [0.2, 0.25) is 0 Å². The quantitative estimate of drug-likeness (QED) is 0.821. The summed E-state index contributed by atoms with van der Waals surface area (Å²) in [6.07, 6.45) is 6.48. The number of carboxylic acid groups (broad SMARTS) is 1. The van der Waals surface area contributed by atoms with Crippen molar-refractivity contribution in [1.29, 1.82) is 0 Å². The lowest BCUT2D eigenvalue weighted by atomic mass is 9.82. The predicted molar refractivity (Wildman–Crippen MR) is 64.0 cm³/mol. The predicted octanol–water partition coefficient (Wildman–Crippen LogP) is 3.74. The van der Waals surface area contributed by atoms with Crippen molar-refractivity contribution in [3.63, 3.8) is 0 Å². The Hall–Kier alpha value is -1.31. The number of hydrogen-bond donors (Lipinski definition) is 1. The van der Waals surface area contributed by atoms with Crippen LogP contribution in [0.5, 0.6) is 0 Å². The molecule has 0 saturated heterocycles. The van der Waals surface area contributed by atoms with Crippen molar-refractivity contribution in [3.05, 3.63) is 34.9 Å². The van der Waals surface area contributed by atoms with E-state index in [1.807, 2.05) is 13.0 Å². The summed E-state index contributed by atoms with van der Waals surface area (Å²) >= 11 is 0. The third-order valence-electron chi connectivity index (χ3n) is 3.56. The van der Waals surface area contributed by atoms with E-state index in [1.54, 1.807) is 12.1 Å². The van der Waals surface area contributed by atoms with Gasteiger partial charge in [0.1, 0.15) is 0 Å². The molecule has 0 aliphatic heterocycles. The first kappa shape index (κ1) is 11.2. The van der Waals surface area contributed by atoms with Gasteiger partial charge in [-0.15, -0.1) is 0 Å². The molecular formula is C14H18O2. The van der Waals surface area contributed by atoms with Crippen LogP contribution in [0.15, 0.2) is 18.2 Å². The van der Waals surface area contributed by atoms with Crippen LogP contribution in [0, 0.1) is 6.92 Å². The van der Waals surface area contributed by atoms with E-state index in [0.717, 1.165) is 5.56 Å². The number of rotatable bonds is 2. The van der Waals surface area contributed by atoms with Crippen LogP contribution in [-0.4, -0.2) is 11.1 Å². The fourth-order valence-corrected chi connectivity index (χ4v) is 2.68. The Balaban J connectivity index is 2.24. The van der Waals surface area contributed by atoms with Gasteiger partial charge in [-0.05, 0) is 48.9 Å². The molecule has 2 rings (SSSR count). The minimum Gasteiger partial charge on any atom is -0.478 e. The van der Waals surface area contributed by atoms with Crippen molar-refractivity contribution >= 4 is 5.97 Å². The first-order chi connectivity index (χ1) is 7.68. The molecule has 86 valence electrons. The summed E-state index contributed by atoms with van der Waals surface area (Å²) in [5, 5.41) is 8.91. The van der Waals surface area contributed by atoms with Gasteiger partial charge in [-0.25, -0.2) is 4.79 Å². The first-order valence-electron chi connectivity index (χ1n) is 6.02. The Kier molecular flexibility index (Phi) is 3.28. The smallest absolute Gasteiger partial charge is 0.335 e. The molecule has 1 aromatic carbocycles. The van der Waals surface area contributed by atoms with Gasteiger partial charge < -0.3 is 5.11 Å². The van der Waals surface area contributed by atoms with Crippen LogP contribution >= 0.6 is 0 Å². The zero-order valence-electron chi connectivity index (χ0n) is 9.70. The van der Waals surface area contributed by atoms with Crippen molar-refractivity contribution < 1.29 is 9.90 Å². The summed E-state index contributed by atoms with van der Waals surface area (Å²) in [6.45, 7) is 2.02. The van der Waals surface area contributed by atoms with Crippen LogP contribution in [0.25, 0.3) is 0 Å². The fourth-order valence-electron chi connectivity index (χ4n) is 2.68. The van der Waals surface area contributed by atoms with Gasteiger partial charge in [0.15, 0.2) is 0 Å². The van der Waals surface area contributed by atoms with E-state index < -0.39 is 5.97 Å². The standard InChI is InChI=1S/C14H18O2/c1-10-9-12(14(15)16)7-8-13(10)11-5-3-2-4-6-11/h7-9,11H,2-6H2,1H3,(H,15,16). The summed E-state index contributed by atoms with van der Waals surface area (Å²) in [5.41, 5.74) is 2.88. The number of hydrogen-bond acceptors (Lipinski definition) is 1. The van der Waals surface area contributed by atoms with Crippen molar-refractivity contribution in [2.45, 2.75) is 44.9 Å². The largest absolute Gasteiger partial charge is 0.478 e.